The Morgan fingerprint density at radius 3 is 2.50 bits per heavy atom. The van der Waals surface area contributed by atoms with E-state index in [9.17, 15) is 13.2 Å². The number of nitrogens with one attached hydrogen (secondary N) is 2. The normalized spacial score (nSPS) is 11.2. The van der Waals surface area contributed by atoms with E-state index in [0.717, 1.165) is 12.8 Å². The zero-order valence-corrected chi connectivity index (χ0v) is 16.0. The highest BCUT2D eigenvalue weighted by atomic mass is 32.2. The maximum absolute atomic E-state index is 12.3. The molecule has 26 heavy (non-hydrogen) atoms. The van der Waals surface area contributed by atoms with E-state index < -0.39 is 16.0 Å². The molecule has 0 aliphatic heterocycles. The van der Waals surface area contributed by atoms with Crippen molar-refractivity contribution in [1.29, 1.82) is 0 Å². The van der Waals surface area contributed by atoms with Gasteiger partial charge in [-0.05, 0) is 55.9 Å². The Morgan fingerprint density at radius 2 is 1.96 bits per heavy atom. The third kappa shape index (κ3) is 4.79. The molecule has 10 heteroatoms. The van der Waals surface area contributed by atoms with Crippen LogP contribution in [0.2, 0.25) is 0 Å². The molecule has 0 radical (unpaired) electrons. The quantitative estimate of drug-likeness (QED) is 0.483. The van der Waals surface area contributed by atoms with Crippen LogP contribution in [-0.4, -0.2) is 40.9 Å². The van der Waals surface area contributed by atoms with E-state index in [1.54, 1.807) is 19.1 Å². The number of thiocarbonyl (C=S) groups is 1. The van der Waals surface area contributed by atoms with Crippen molar-refractivity contribution in [2.24, 2.45) is 0 Å². The lowest BCUT2D eigenvalue weighted by Crippen LogP contribution is -2.39. The highest BCUT2D eigenvalue weighted by molar-refractivity contribution is 7.91. The van der Waals surface area contributed by atoms with Gasteiger partial charge >= 0.3 is 5.97 Å². The summed E-state index contributed by atoms with van der Waals surface area (Å²) in [7, 11) is -3.79. The largest absolute Gasteiger partial charge is 0.476 e. The molecule has 1 aromatic heterocycles. The number of unbranched alkanes of at least 4 members (excludes halogenated alkanes) is 1. The Balaban J connectivity index is 2.15. The molecule has 3 N–H and O–H groups in total. The zero-order chi connectivity index (χ0) is 19.3. The van der Waals surface area contributed by atoms with Gasteiger partial charge in [-0.1, -0.05) is 13.3 Å². The maximum atomic E-state index is 12.3. The van der Waals surface area contributed by atoms with E-state index in [2.05, 4.69) is 15.1 Å². The van der Waals surface area contributed by atoms with Crippen molar-refractivity contribution in [3.05, 3.63) is 41.7 Å². The van der Waals surface area contributed by atoms with E-state index in [0.29, 0.717) is 17.9 Å². The summed E-state index contributed by atoms with van der Waals surface area (Å²) >= 11 is 4.99. The fraction of sp³-hybridized carbons (Fsp3) is 0.312. The molecule has 0 saturated carbocycles. The van der Waals surface area contributed by atoms with Crippen LogP contribution in [0.5, 0.6) is 0 Å². The van der Waals surface area contributed by atoms with Gasteiger partial charge in [-0.15, -0.1) is 0 Å². The first kappa shape index (κ1) is 19.9. The first-order valence-electron chi connectivity index (χ1n) is 7.95. The van der Waals surface area contributed by atoms with E-state index in [1.165, 1.54) is 22.9 Å². The van der Waals surface area contributed by atoms with Crippen molar-refractivity contribution in [2.75, 3.05) is 6.54 Å². The van der Waals surface area contributed by atoms with Crippen LogP contribution in [0.3, 0.4) is 0 Å². The summed E-state index contributed by atoms with van der Waals surface area (Å²) in [5.74, 6) is -1.13. The van der Waals surface area contributed by atoms with Gasteiger partial charge in [0, 0.05) is 12.2 Å². The van der Waals surface area contributed by atoms with Crippen LogP contribution in [0.15, 0.2) is 35.2 Å². The predicted molar refractivity (Wildman–Crippen MR) is 101 cm³/mol. The fourth-order valence-corrected chi connectivity index (χ4v) is 3.56. The topological polar surface area (TPSA) is 113 Å². The number of carboxylic acid groups (broad SMARTS) is 1. The van der Waals surface area contributed by atoms with Gasteiger partial charge < -0.3 is 10.4 Å². The number of sulfonamides is 1. The average molecular weight is 396 g/mol. The lowest BCUT2D eigenvalue weighted by molar-refractivity contribution is 0.0690. The first-order valence-corrected chi connectivity index (χ1v) is 9.85. The molecule has 1 heterocycles. The third-order valence-corrected chi connectivity index (χ3v) is 5.28. The van der Waals surface area contributed by atoms with Gasteiger partial charge in [0.1, 0.15) is 0 Å². The molecular formula is C16H20N4O4S2. The number of carbonyl (C=O) groups is 1. The molecule has 0 unspecified atom stereocenters. The summed E-state index contributed by atoms with van der Waals surface area (Å²) in [6.07, 6.45) is 1.86. The second-order valence-corrected chi connectivity index (χ2v) is 7.69. The Bertz CT molecular complexity index is 905. The Labute approximate surface area is 157 Å². The SMILES string of the molecule is CCCCNC(=S)NS(=O)(=O)c1ccc(-n2nc(C(=O)O)cc2C)cc1. The molecule has 2 rings (SSSR count). The molecule has 0 bridgehead atoms. The van der Waals surface area contributed by atoms with Gasteiger partial charge in [-0.3, -0.25) is 4.72 Å². The second kappa shape index (κ2) is 8.28. The van der Waals surface area contributed by atoms with Crippen molar-refractivity contribution < 1.29 is 18.3 Å². The third-order valence-electron chi connectivity index (χ3n) is 3.54. The summed E-state index contributed by atoms with van der Waals surface area (Å²) in [6.45, 7) is 4.34. The molecular weight excluding hydrogens is 376 g/mol. The number of aryl methyl sites for hydroxylation is 1. The van der Waals surface area contributed by atoms with Gasteiger partial charge in [0.2, 0.25) is 0 Å². The van der Waals surface area contributed by atoms with Gasteiger partial charge in [0.05, 0.1) is 10.6 Å². The monoisotopic (exact) mass is 396 g/mol. The minimum atomic E-state index is -3.79. The van der Waals surface area contributed by atoms with Crippen LogP contribution >= 0.6 is 12.2 Å². The molecule has 0 aliphatic rings. The van der Waals surface area contributed by atoms with Crippen LogP contribution in [0, 0.1) is 6.92 Å². The lowest BCUT2D eigenvalue weighted by Gasteiger charge is -2.11. The number of nitrogens with zero attached hydrogens (tertiary/aromatic N) is 2. The van der Waals surface area contributed by atoms with E-state index in [-0.39, 0.29) is 15.7 Å². The highest BCUT2D eigenvalue weighted by Crippen LogP contribution is 2.16. The molecule has 0 saturated heterocycles. The van der Waals surface area contributed by atoms with E-state index >= 15 is 0 Å². The molecule has 1 aromatic carbocycles. The number of hydrogen-bond donors (Lipinski definition) is 3. The highest BCUT2D eigenvalue weighted by Gasteiger charge is 2.17. The van der Waals surface area contributed by atoms with Gasteiger partial charge in [0.25, 0.3) is 10.0 Å². The molecule has 2 aromatic rings. The predicted octanol–water partition coefficient (Wildman–Crippen LogP) is 1.83. The van der Waals surface area contributed by atoms with Crippen molar-refractivity contribution >= 4 is 33.3 Å². The molecule has 0 spiro atoms. The number of carboxylic acids is 1. The number of benzene rings is 1. The van der Waals surface area contributed by atoms with E-state index in [4.69, 9.17) is 17.3 Å². The summed E-state index contributed by atoms with van der Waals surface area (Å²) in [5.41, 5.74) is 1.10. The number of hydrogen-bond acceptors (Lipinski definition) is 5. The Morgan fingerprint density at radius 1 is 1.31 bits per heavy atom. The van der Waals surface area contributed by atoms with Crippen LogP contribution < -0.4 is 10.0 Å². The standard InChI is InChI=1S/C16H20N4O4S2/c1-3-4-9-17-16(25)19-26(23,24)13-7-5-12(6-8-13)20-11(2)10-14(18-20)15(21)22/h5-8,10H,3-4,9H2,1-2H3,(H,21,22)(H2,17,19,25). The van der Waals surface area contributed by atoms with Crippen LogP contribution in [-0.2, 0) is 10.0 Å². The first-order chi connectivity index (χ1) is 12.2. The van der Waals surface area contributed by atoms with Crippen molar-refractivity contribution in [3.63, 3.8) is 0 Å². The molecule has 0 amide bonds. The zero-order valence-electron chi connectivity index (χ0n) is 14.4. The van der Waals surface area contributed by atoms with Crippen molar-refractivity contribution in [1.82, 2.24) is 19.8 Å². The molecule has 0 atom stereocenters. The average Bonchev–Trinajstić information content (AvgIpc) is 2.97. The molecule has 0 aliphatic carbocycles. The molecule has 140 valence electrons. The smallest absolute Gasteiger partial charge is 0.356 e. The minimum absolute atomic E-state index is 0.0455. The van der Waals surface area contributed by atoms with Crippen LogP contribution in [0.1, 0.15) is 35.9 Å². The molecule has 8 nitrogen and oxygen atoms in total. The Kier molecular flexibility index (Phi) is 6.32. The molecule has 0 fully saturated rings. The minimum Gasteiger partial charge on any atom is -0.476 e. The maximum Gasteiger partial charge on any atom is 0.356 e. The fourth-order valence-electron chi connectivity index (χ4n) is 2.20. The van der Waals surface area contributed by atoms with Gasteiger partial charge in [0.15, 0.2) is 10.8 Å². The van der Waals surface area contributed by atoms with Gasteiger partial charge in [-0.25, -0.2) is 17.9 Å². The second-order valence-electron chi connectivity index (χ2n) is 5.60. The van der Waals surface area contributed by atoms with Crippen molar-refractivity contribution in [3.8, 4) is 5.69 Å². The summed E-state index contributed by atoms with van der Waals surface area (Å²) in [5, 5.41) is 15.9. The Hall–Kier alpha value is -2.46. The number of aromatic carboxylic acids is 1. The lowest BCUT2D eigenvalue weighted by atomic mass is 10.3. The van der Waals surface area contributed by atoms with Crippen molar-refractivity contribution in [2.45, 2.75) is 31.6 Å². The summed E-state index contributed by atoms with van der Waals surface area (Å²) in [6, 6.07) is 7.36. The number of rotatable bonds is 7. The van der Waals surface area contributed by atoms with E-state index in [1.807, 2.05) is 6.92 Å². The summed E-state index contributed by atoms with van der Waals surface area (Å²) in [4.78, 5) is 11.0. The number of aromatic nitrogens is 2. The van der Waals surface area contributed by atoms with Crippen LogP contribution in [0.4, 0.5) is 0 Å². The van der Waals surface area contributed by atoms with Crippen LogP contribution in [0.25, 0.3) is 5.69 Å². The summed E-state index contributed by atoms with van der Waals surface area (Å²) < 4.78 is 28.4. The van der Waals surface area contributed by atoms with Gasteiger partial charge in [-0.2, -0.15) is 5.10 Å².